The lowest BCUT2D eigenvalue weighted by molar-refractivity contribution is -0.122. The fraction of sp³-hybridized carbons (Fsp3) is 0.148. The quantitative estimate of drug-likeness (QED) is 0.326. The van der Waals surface area contributed by atoms with E-state index in [1.165, 1.54) is 36.0 Å². The molecule has 0 saturated carbocycles. The highest BCUT2D eigenvalue weighted by atomic mass is 35.5. The number of nitrogens with zero attached hydrogens (tertiary/aromatic N) is 1. The monoisotopic (exact) mass is 552 g/mol. The molecule has 1 aromatic heterocycles. The first-order chi connectivity index (χ1) is 17.9. The lowest BCUT2D eigenvalue weighted by Gasteiger charge is -2.30. The molecule has 2 aliphatic rings. The molecule has 37 heavy (non-hydrogen) atoms. The van der Waals surface area contributed by atoms with E-state index < -0.39 is 34.7 Å². The number of fused-ring (bicyclic) bond motifs is 2. The van der Waals surface area contributed by atoms with Crippen molar-refractivity contribution in [3.8, 4) is 5.75 Å². The van der Waals surface area contributed by atoms with Crippen LogP contribution in [0.2, 0.25) is 5.02 Å². The number of para-hydroxylation sites is 1. The van der Waals surface area contributed by atoms with Crippen molar-refractivity contribution in [3.63, 3.8) is 0 Å². The van der Waals surface area contributed by atoms with Gasteiger partial charge in [0.25, 0.3) is 0 Å². The van der Waals surface area contributed by atoms with Crippen LogP contribution in [-0.2, 0) is 16.2 Å². The summed E-state index contributed by atoms with van der Waals surface area (Å²) in [6.45, 7) is 0.272. The van der Waals surface area contributed by atoms with Crippen molar-refractivity contribution in [2.45, 2.75) is 22.8 Å². The van der Waals surface area contributed by atoms with Gasteiger partial charge in [-0.2, -0.15) is 0 Å². The standard InChI is InChI=1S/C27H18ClFN2O4S2/c28-15-7-5-14(6-8-15)13-35-19-4-2-1-3-18(19)20-21-23(36-24-22(20)37-27(34)30-24)26(33)31(25(21)32)17-11-9-16(29)10-12-17/h1-12,20-21,23H,13H2,(H,30,34)/t20-,21-,23+/m0/s1. The van der Waals surface area contributed by atoms with Crippen LogP contribution in [0.4, 0.5) is 10.1 Å². The molecule has 1 N–H and O–H groups in total. The van der Waals surface area contributed by atoms with Gasteiger partial charge < -0.3 is 9.72 Å². The number of anilines is 1. The van der Waals surface area contributed by atoms with Crippen LogP contribution in [-0.4, -0.2) is 22.0 Å². The number of imide groups is 1. The van der Waals surface area contributed by atoms with Crippen LogP contribution < -0.4 is 14.5 Å². The van der Waals surface area contributed by atoms with Gasteiger partial charge >= 0.3 is 4.87 Å². The molecule has 6 nitrogen and oxygen atoms in total. The Hall–Kier alpha value is -3.40. The number of carbonyl (C=O) groups excluding carboxylic acids is 2. The molecule has 0 bridgehead atoms. The zero-order valence-electron chi connectivity index (χ0n) is 19.0. The predicted octanol–water partition coefficient (Wildman–Crippen LogP) is 5.60. The minimum atomic E-state index is -0.762. The smallest absolute Gasteiger partial charge is 0.305 e. The van der Waals surface area contributed by atoms with Crippen molar-refractivity contribution in [2.75, 3.05) is 4.90 Å². The van der Waals surface area contributed by atoms with Crippen LogP contribution in [0.5, 0.6) is 5.75 Å². The Morgan fingerprint density at radius 3 is 2.43 bits per heavy atom. The van der Waals surface area contributed by atoms with Gasteiger partial charge in [-0.3, -0.25) is 14.4 Å². The summed E-state index contributed by atoms with van der Waals surface area (Å²) >= 11 is 8.22. The van der Waals surface area contributed by atoms with E-state index in [-0.39, 0.29) is 11.5 Å². The summed E-state index contributed by atoms with van der Waals surface area (Å²) in [5.74, 6) is -2.03. The van der Waals surface area contributed by atoms with Crippen LogP contribution in [0.3, 0.4) is 0 Å². The normalized spacial score (nSPS) is 20.6. The molecule has 3 aromatic carbocycles. The highest BCUT2D eigenvalue weighted by Crippen LogP contribution is 2.54. The predicted molar refractivity (Wildman–Crippen MR) is 141 cm³/mol. The highest BCUT2D eigenvalue weighted by Gasteiger charge is 2.56. The molecule has 3 heterocycles. The van der Waals surface area contributed by atoms with E-state index >= 15 is 0 Å². The second-order valence-electron chi connectivity index (χ2n) is 8.69. The fourth-order valence-electron chi connectivity index (χ4n) is 4.81. The van der Waals surface area contributed by atoms with Gasteiger partial charge in [-0.15, -0.1) is 0 Å². The lowest BCUT2D eigenvalue weighted by atomic mass is 9.82. The molecule has 1 fully saturated rings. The first-order valence-electron chi connectivity index (χ1n) is 11.4. The number of aromatic nitrogens is 1. The third-order valence-corrected chi connectivity index (χ3v) is 9.12. The average Bonchev–Trinajstić information content (AvgIpc) is 3.39. The lowest BCUT2D eigenvalue weighted by Crippen LogP contribution is -2.32. The van der Waals surface area contributed by atoms with Gasteiger partial charge in [0.2, 0.25) is 11.8 Å². The molecule has 0 spiro atoms. The third kappa shape index (κ3) is 4.27. The van der Waals surface area contributed by atoms with E-state index in [0.29, 0.717) is 31.9 Å². The maximum atomic E-state index is 13.8. The van der Waals surface area contributed by atoms with Crippen molar-refractivity contribution in [1.82, 2.24) is 4.98 Å². The molecule has 10 heteroatoms. The summed E-state index contributed by atoms with van der Waals surface area (Å²) < 4.78 is 19.7. The van der Waals surface area contributed by atoms with Crippen molar-refractivity contribution < 1.29 is 18.7 Å². The number of carbonyl (C=O) groups is 2. The molecular formula is C27H18ClFN2O4S2. The fourth-order valence-corrected chi connectivity index (χ4v) is 7.44. The number of halogens is 2. The number of ether oxygens (including phenoxy) is 1. The Bertz CT molecular complexity index is 1570. The Labute approximate surface area is 224 Å². The number of thiazole rings is 1. The van der Waals surface area contributed by atoms with Crippen LogP contribution >= 0.6 is 34.7 Å². The maximum absolute atomic E-state index is 13.8. The summed E-state index contributed by atoms with van der Waals surface area (Å²) in [5.41, 5.74) is 1.94. The molecule has 186 valence electrons. The first kappa shape index (κ1) is 24.0. The van der Waals surface area contributed by atoms with Gasteiger partial charge in [-0.1, -0.05) is 65.0 Å². The van der Waals surface area contributed by atoms with Gasteiger partial charge in [0, 0.05) is 21.4 Å². The minimum Gasteiger partial charge on any atom is -0.489 e. The van der Waals surface area contributed by atoms with E-state index in [9.17, 15) is 18.8 Å². The van der Waals surface area contributed by atoms with Gasteiger partial charge in [0.15, 0.2) is 0 Å². The highest BCUT2D eigenvalue weighted by molar-refractivity contribution is 8.00. The topological polar surface area (TPSA) is 79.5 Å². The van der Waals surface area contributed by atoms with E-state index in [0.717, 1.165) is 21.8 Å². The minimum absolute atomic E-state index is 0.252. The summed E-state index contributed by atoms with van der Waals surface area (Å²) in [6.07, 6.45) is 0. The number of rotatable bonds is 5. The van der Waals surface area contributed by atoms with Crippen LogP contribution in [0.15, 0.2) is 82.6 Å². The largest absolute Gasteiger partial charge is 0.489 e. The van der Waals surface area contributed by atoms with Crippen molar-refractivity contribution in [3.05, 3.63) is 109 Å². The van der Waals surface area contributed by atoms with E-state index in [4.69, 9.17) is 16.3 Å². The molecule has 3 atom stereocenters. The van der Waals surface area contributed by atoms with Crippen LogP contribution in [0, 0.1) is 11.7 Å². The summed E-state index contributed by atoms with van der Waals surface area (Å²) in [4.78, 5) is 44.1. The third-order valence-electron chi connectivity index (χ3n) is 6.47. The Morgan fingerprint density at radius 2 is 1.68 bits per heavy atom. The van der Waals surface area contributed by atoms with E-state index in [2.05, 4.69) is 4.98 Å². The molecule has 4 aromatic rings. The Morgan fingerprint density at radius 1 is 0.946 bits per heavy atom. The van der Waals surface area contributed by atoms with Crippen molar-refractivity contribution in [1.29, 1.82) is 0 Å². The molecule has 2 amide bonds. The van der Waals surface area contributed by atoms with Crippen molar-refractivity contribution >= 4 is 52.2 Å². The summed E-state index contributed by atoms with van der Waals surface area (Å²) in [7, 11) is 0. The van der Waals surface area contributed by atoms with Crippen LogP contribution in [0.1, 0.15) is 21.9 Å². The number of hydrogen-bond acceptors (Lipinski definition) is 6. The van der Waals surface area contributed by atoms with E-state index in [1.54, 1.807) is 12.1 Å². The molecule has 0 radical (unpaired) electrons. The van der Waals surface area contributed by atoms with Crippen molar-refractivity contribution in [2.24, 2.45) is 5.92 Å². The number of nitrogens with one attached hydrogen (secondary N) is 1. The Kier molecular flexibility index (Phi) is 6.14. The zero-order chi connectivity index (χ0) is 25.7. The number of benzene rings is 3. The van der Waals surface area contributed by atoms with Gasteiger partial charge in [0.1, 0.15) is 23.4 Å². The number of hydrogen-bond donors (Lipinski definition) is 1. The maximum Gasteiger partial charge on any atom is 0.305 e. The molecule has 0 unspecified atom stereocenters. The molecule has 1 saturated heterocycles. The summed E-state index contributed by atoms with van der Waals surface area (Å²) in [5, 5.41) is 0.459. The number of amides is 2. The first-order valence-corrected chi connectivity index (χ1v) is 13.5. The average molecular weight is 553 g/mol. The van der Waals surface area contributed by atoms with E-state index in [1.807, 2.05) is 36.4 Å². The van der Waals surface area contributed by atoms with Gasteiger partial charge in [-0.25, -0.2) is 9.29 Å². The Balaban J connectivity index is 1.41. The van der Waals surface area contributed by atoms with Gasteiger partial charge in [0.05, 0.1) is 16.6 Å². The molecular weight excluding hydrogens is 535 g/mol. The number of aromatic amines is 1. The van der Waals surface area contributed by atoms with Crippen LogP contribution in [0.25, 0.3) is 0 Å². The number of H-pyrrole nitrogens is 1. The SMILES string of the molecule is O=C1[C@H]2[C@H](c3ccccc3OCc3ccc(Cl)cc3)c3sc(=O)[nH]c3S[C@H]2C(=O)N1c1ccc(F)cc1. The second-order valence-corrected chi connectivity index (χ2v) is 11.3. The second kappa shape index (κ2) is 9.48. The number of thioether (sulfide) groups is 1. The summed E-state index contributed by atoms with van der Waals surface area (Å²) in [6, 6.07) is 19.9. The van der Waals surface area contributed by atoms with Gasteiger partial charge in [-0.05, 0) is 48.0 Å². The molecule has 2 aliphatic heterocycles. The molecule has 6 rings (SSSR count). The zero-order valence-corrected chi connectivity index (χ0v) is 21.4. The molecule has 0 aliphatic carbocycles.